The maximum atomic E-state index is 11.7. The van der Waals surface area contributed by atoms with Crippen LogP contribution >= 0.6 is 0 Å². The number of ether oxygens (including phenoxy) is 2. The van der Waals surface area contributed by atoms with Crippen molar-refractivity contribution in [2.24, 2.45) is 0 Å². The van der Waals surface area contributed by atoms with Gasteiger partial charge in [-0.15, -0.1) is 0 Å². The van der Waals surface area contributed by atoms with Crippen molar-refractivity contribution in [2.45, 2.75) is 25.6 Å². The lowest BCUT2D eigenvalue weighted by Crippen LogP contribution is -2.35. The van der Waals surface area contributed by atoms with E-state index in [1.165, 1.54) is 0 Å². The van der Waals surface area contributed by atoms with E-state index in [2.05, 4.69) is 5.48 Å². The molecule has 0 aliphatic carbocycles. The monoisotopic (exact) mass is 301 g/mol. The lowest BCUT2D eigenvalue weighted by Gasteiger charge is -2.22. The summed E-state index contributed by atoms with van der Waals surface area (Å²) in [6.07, 6.45) is 2.54. The maximum Gasteiger partial charge on any atom is 0.281 e. The van der Waals surface area contributed by atoms with Gasteiger partial charge in [0.05, 0.1) is 0 Å². The van der Waals surface area contributed by atoms with Gasteiger partial charge in [0.2, 0.25) is 0 Å². The molecular formula is C17H19NO4. The summed E-state index contributed by atoms with van der Waals surface area (Å²) in [6, 6.07) is 13.7. The zero-order valence-electron chi connectivity index (χ0n) is 12.3. The lowest BCUT2D eigenvalue weighted by atomic mass is 10.1. The summed E-state index contributed by atoms with van der Waals surface area (Å²) in [6.45, 7) is 0.583. The molecule has 5 nitrogen and oxygen atoms in total. The number of hydroxylamine groups is 1. The highest BCUT2D eigenvalue weighted by atomic mass is 16.8. The second kappa shape index (κ2) is 7.24. The third-order valence-electron chi connectivity index (χ3n) is 3.53. The Morgan fingerprint density at radius 3 is 2.86 bits per heavy atom. The van der Waals surface area contributed by atoms with Gasteiger partial charge in [-0.2, -0.15) is 0 Å². The smallest absolute Gasteiger partial charge is 0.281 e. The average molecular weight is 301 g/mol. The normalized spacial score (nSPS) is 18.1. The van der Waals surface area contributed by atoms with Crippen LogP contribution in [0.5, 0.6) is 5.75 Å². The molecule has 2 aromatic carbocycles. The minimum atomic E-state index is -0.349. The Morgan fingerprint density at radius 1 is 1.18 bits per heavy atom. The van der Waals surface area contributed by atoms with E-state index in [9.17, 15) is 4.79 Å². The van der Waals surface area contributed by atoms with Gasteiger partial charge in [-0.1, -0.05) is 30.3 Å². The van der Waals surface area contributed by atoms with Crippen LogP contribution in [0.1, 0.15) is 19.3 Å². The first-order chi connectivity index (χ1) is 10.8. The molecule has 3 rings (SSSR count). The van der Waals surface area contributed by atoms with Crippen molar-refractivity contribution in [2.75, 3.05) is 13.2 Å². The van der Waals surface area contributed by atoms with Crippen molar-refractivity contribution in [1.82, 2.24) is 5.48 Å². The maximum absolute atomic E-state index is 11.7. The Morgan fingerprint density at radius 2 is 2.05 bits per heavy atom. The standard InChI is InChI=1S/C17H19NO4/c19-16(18-22-17-7-3-4-10-20-17)12-21-15-9-8-13-5-1-2-6-14(13)11-15/h1-2,5-6,8-9,11,17H,3-4,7,10,12H2,(H,18,19). The van der Waals surface area contributed by atoms with E-state index in [4.69, 9.17) is 14.3 Å². The van der Waals surface area contributed by atoms with Crippen molar-refractivity contribution in [1.29, 1.82) is 0 Å². The van der Waals surface area contributed by atoms with Gasteiger partial charge in [0.15, 0.2) is 12.9 Å². The molecule has 22 heavy (non-hydrogen) atoms. The largest absolute Gasteiger partial charge is 0.484 e. The van der Waals surface area contributed by atoms with Crippen LogP contribution < -0.4 is 10.2 Å². The van der Waals surface area contributed by atoms with Crippen LogP contribution in [0.4, 0.5) is 0 Å². The van der Waals surface area contributed by atoms with Crippen molar-refractivity contribution < 1.29 is 19.1 Å². The molecule has 0 bridgehead atoms. The lowest BCUT2D eigenvalue weighted by molar-refractivity contribution is -0.201. The predicted molar refractivity (Wildman–Crippen MR) is 82.3 cm³/mol. The SMILES string of the molecule is O=C(COc1ccc2ccccc2c1)NOC1CCCCO1. The van der Waals surface area contributed by atoms with Crippen LogP contribution in [0.25, 0.3) is 10.8 Å². The van der Waals surface area contributed by atoms with Crippen molar-refractivity contribution >= 4 is 16.7 Å². The van der Waals surface area contributed by atoms with Crippen molar-refractivity contribution in [3.63, 3.8) is 0 Å². The Kier molecular flexibility index (Phi) is 4.88. The predicted octanol–water partition coefficient (Wildman–Crippen LogP) is 2.79. The number of hydrogen-bond donors (Lipinski definition) is 1. The second-order valence-corrected chi connectivity index (χ2v) is 5.24. The second-order valence-electron chi connectivity index (χ2n) is 5.24. The molecule has 1 N–H and O–H groups in total. The summed E-state index contributed by atoms with van der Waals surface area (Å²) in [7, 11) is 0. The number of carbonyl (C=O) groups excluding carboxylic acids is 1. The Hall–Kier alpha value is -2.11. The first-order valence-electron chi connectivity index (χ1n) is 7.49. The highest BCUT2D eigenvalue weighted by Crippen LogP contribution is 2.20. The molecule has 1 aliphatic heterocycles. The number of carbonyl (C=O) groups is 1. The van der Waals surface area contributed by atoms with E-state index in [1.54, 1.807) is 0 Å². The molecule has 1 unspecified atom stereocenters. The number of nitrogens with one attached hydrogen (secondary N) is 1. The molecule has 116 valence electrons. The van der Waals surface area contributed by atoms with Gasteiger partial charge in [-0.25, -0.2) is 10.3 Å². The number of rotatable bonds is 5. The molecule has 1 heterocycles. The highest BCUT2D eigenvalue weighted by molar-refractivity contribution is 5.84. The van der Waals surface area contributed by atoms with Gasteiger partial charge in [0.1, 0.15) is 5.75 Å². The molecule has 1 atom stereocenters. The molecule has 0 radical (unpaired) electrons. The molecule has 2 aromatic rings. The van der Waals surface area contributed by atoms with Crippen molar-refractivity contribution in [3.8, 4) is 5.75 Å². The van der Waals surface area contributed by atoms with E-state index in [-0.39, 0.29) is 18.8 Å². The van der Waals surface area contributed by atoms with E-state index >= 15 is 0 Å². The van der Waals surface area contributed by atoms with Crippen LogP contribution in [-0.4, -0.2) is 25.4 Å². The molecule has 5 heteroatoms. The van der Waals surface area contributed by atoms with Gasteiger partial charge < -0.3 is 9.47 Å². The van der Waals surface area contributed by atoms with Gasteiger partial charge in [0, 0.05) is 13.0 Å². The fourth-order valence-electron chi connectivity index (χ4n) is 2.37. The molecule has 1 saturated heterocycles. The zero-order valence-corrected chi connectivity index (χ0v) is 12.3. The van der Waals surface area contributed by atoms with E-state index < -0.39 is 0 Å². The van der Waals surface area contributed by atoms with Gasteiger partial charge >= 0.3 is 0 Å². The number of hydrogen-bond acceptors (Lipinski definition) is 4. The molecule has 0 saturated carbocycles. The topological polar surface area (TPSA) is 56.8 Å². The molecule has 1 aliphatic rings. The summed E-state index contributed by atoms with van der Waals surface area (Å²) in [5.74, 6) is 0.324. The van der Waals surface area contributed by atoms with Crippen molar-refractivity contribution in [3.05, 3.63) is 42.5 Å². The van der Waals surface area contributed by atoms with Gasteiger partial charge in [-0.3, -0.25) is 4.79 Å². The first kappa shape index (κ1) is 14.8. The minimum absolute atomic E-state index is 0.0922. The van der Waals surface area contributed by atoms with E-state index in [1.807, 2.05) is 42.5 Å². The fourth-order valence-corrected chi connectivity index (χ4v) is 2.37. The minimum Gasteiger partial charge on any atom is -0.484 e. The zero-order chi connectivity index (χ0) is 15.2. The van der Waals surface area contributed by atoms with Gasteiger partial charge in [-0.05, 0) is 35.7 Å². The first-order valence-corrected chi connectivity index (χ1v) is 7.49. The van der Waals surface area contributed by atoms with Crippen LogP contribution in [0.2, 0.25) is 0 Å². The third-order valence-corrected chi connectivity index (χ3v) is 3.53. The molecule has 0 aromatic heterocycles. The average Bonchev–Trinajstić information content (AvgIpc) is 2.59. The molecule has 1 amide bonds. The fraction of sp³-hybridized carbons (Fsp3) is 0.353. The Labute approximate surface area is 129 Å². The van der Waals surface area contributed by atoms with E-state index in [0.717, 1.165) is 30.0 Å². The van der Waals surface area contributed by atoms with Crippen LogP contribution in [0.15, 0.2) is 42.5 Å². The number of benzene rings is 2. The highest BCUT2D eigenvalue weighted by Gasteiger charge is 2.15. The summed E-state index contributed by atoms with van der Waals surface area (Å²) in [5, 5.41) is 2.21. The molecular weight excluding hydrogens is 282 g/mol. The van der Waals surface area contributed by atoms with Crippen LogP contribution in [0.3, 0.4) is 0 Å². The Bertz CT molecular complexity index is 637. The van der Waals surface area contributed by atoms with Crippen LogP contribution in [0, 0.1) is 0 Å². The summed E-state index contributed by atoms with van der Waals surface area (Å²) in [4.78, 5) is 16.9. The van der Waals surface area contributed by atoms with Crippen LogP contribution in [-0.2, 0) is 14.4 Å². The van der Waals surface area contributed by atoms with E-state index in [0.29, 0.717) is 12.4 Å². The number of amides is 1. The summed E-state index contributed by atoms with van der Waals surface area (Å²) < 4.78 is 10.8. The number of fused-ring (bicyclic) bond motifs is 1. The van der Waals surface area contributed by atoms with Gasteiger partial charge in [0.25, 0.3) is 5.91 Å². The summed E-state index contributed by atoms with van der Waals surface area (Å²) >= 11 is 0. The summed E-state index contributed by atoms with van der Waals surface area (Å²) in [5.41, 5.74) is 2.37. The molecule has 1 fully saturated rings. The quantitative estimate of drug-likeness (QED) is 0.863. The Balaban J connectivity index is 1.47. The third kappa shape index (κ3) is 3.96. The molecule has 0 spiro atoms.